The molecule has 154 valence electrons. The number of nitrogens with zero attached hydrogens (tertiary/aromatic N) is 5. The van der Waals surface area contributed by atoms with Gasteiger partial charge in [-0.3, -0.25) is 9.69 Å². The van der Waals surface area contributed by atoms with Crippen LogP contribution in [0.5, 0.6) is 0 Å². The van der Waals surface area contributed by atoms with Gasteiger partial charge in [-0.1, -0.05) is 12.1 Å². The number of carbonyl (C=O) groups excluding carboxylic acids is 1. The molecule has 1 amide bonds. The lowest BCUT2D eigenvalue weighted by Crippen LogP contribution is -2.40. The quantitative estimate of drug-likeness (QED) is 0.775. The predicted molar refractivity (Wildman–Crippen MR) is 110 cm³/mol. The summed E-state index contributed by atoms with van der Waals surface area (Å²) < 4.78 is 13.1. The van der Waals surface area contributed by atoms with Crippen LogP contribution in [0.15, 0.2) is 36.5 Å². The van der Waals surface area contributed by atoms with Crippen molar-refractivity contribution in [3.8, 4) is 0 Å². The summed E-state index contributed by atoms with van der Waals surface area (Å²) >= 11 is 0. The van der Waals surface area contributed by atoms with Crippen molar-refractivity contribution in [2.24, 2.45) is 0 Å². The summed E-state index contributed by atoms with van der Waals surface area (Å²) in [6, 6.07) is 8.41. The van der Waals surface area contributed by atoms with Crippen molar-refractivity contribution < 1.29 is 9.18 Å². The molecular weight excluding hydrogens is 369 g/mol. The number of aromatic nitrogens is 2. The fraction of sp³-hybridized carbons (Fsp3) is 0.500. The minimum Gasteiger partial charge on any atom is -0.355 e. The Kier molecular flexibility index (Phi) is 6.34. The molecule has 0 atom stereocenters. The van der Waals surface area contributed by atoms with Crippen molar-refractivity contribution in [3.05, 3.63) is 53.7 Å². The van der Waals surface area contributed by atoms with Crippen LogP contribution >= 0.6 is 0 Å². The highest BCUT2D eigenvalue weighted by Gasteiger charge is 2.22. The molecule has 2 aliphatic rings. The largest absolute Gasteiger partial charge is 0.355 e. The molecule has 29 heavy (non-hydrogen) atoms. The first-order valence-corrected chi connectivity index (χ1v) is 10.5. The Labute approximate surface area is 171 Å². The first-order valence-electron chi connectivity index (χ1n) is 10.5. The third-order valence-corrected chi connectivity index (χ3v) is 5.70. The van der Waals surface area contributed by atoms with Crippen molar-refractivity contribution >= 4 is 11.7 Å². The molecule has 2 fully saturated rings. The van der Waals surface area contributed by atoms with E-state index in [1.165, 1.54) is 12.1 Å². The number of benzene rings is 1. The topological polar surface area (TPSA) is 52.6 Å². The number of anilines is 1. The zero-order valence-electron chi connectivity index (χ0n) is 16.8. The lowest BCUT2D eigenvalue weighted by Gasteiger charge is -2.24. The van der Waals surface area contributed by atoms with Gasteiger partial charge in [-0.15, -0.1) is 0 Å². The Morgan fingerprint density at radius 2 is 1.72 bits per heavy atom. The minimum absolute atomic E-state index is 0.235. The van der Waals surface area contributed by atoms with E-state index in [0.717, 1.165) is 75.7 Å². The average molecular weight is 397 g/mol. The van der Waals surface area contributed by atoms with Gasteiger partial charge in [0, 0.05) is 51.9 Å². The van der Waals surface area contributed by atoms with Crippen LogP contribution in [-0.2, 0) is 11.2 Å². The van der Waals surface area contributed by atoms with Crippen molar-refractivity contribution in [2.75, 3.05) is 50.7 Å². The number of likely N-dealkylation sites (tertiary alicyclic amines) is 1. The van der Waals surface area contributed by atoms with E-state index in [-0.39, 0.29) is 11.7 Å². The van der Waals surface area contributed by atoms with Crippen molar-refractivity contribution in [1.29, 1.82) is 0 Å². The van der Waals surface area contributed by atoms with Crippen LogP contribution in [0, 0.1) is 5.82 Å². The van der Waals surface area contributed by atoms with E-state index in [1.807, 2.05) is 11.0 Å². The summed E-state index contributed by atoms with van der Waals surface area (Å²) in [5.74, 6) is 1.68. The van der Waals surface area contributed by atoms with Gasteiger partial charge in [-0.2, -0.15) is 0 Å². The molecule has 0 spiro atoms. The minimum atomic E-state index is -0.235. The van der Waals surface area contributed by atoms with Gasteiger partial charge in [0.2, 0.25) is 5.91 Å². The van der Waals surface area contributed by atoms with Crippen LogP contribution in [0.1, 0.15) is 30.7 Å². The third-order valence-electron chi connectivity index (χ3n) is 5.70. The van der Waals surface area contributed by atoms with Gasteiger partial charge < -0.3 is 9.80 Å². The van der Waals surface area contributed by atoms with E-state index in [4.69, 9.17) is 4.98 Å². The Morgan fingerprint density at radius 3 is 2.52 bits per heavy atom. The summed E-state index contributed by atoms with van der Waals surface area (Å²) in [4.78, 5) is 28.1. The summed E-state index contributed by atoms with van der Waals surface area (Å²) in [5, 5.41) is 0. The number of carbonyl (C=O) groups is 1. The van der Waals surface area contributed by atoms with Gasteiger partial charge in [0.05, 0.1) is 6.54 Å². The number of amides is 1. The Balaban J connectivity index is 1.35. The second-order valence-electron chi connectivity index (χ2n) is 7.84. The Hall–Kier alpha value is -2.54. The SMILES string of the molecule is O=C(CN1CCCN(c2ccnc(Cc3ccc(F)cc3)n2)CC1)N1CCCC1. The highest BCUT2D eigenvalue weighted by atomic mass is 19.1. The second-order valence-corrected chi connectivity index (χ2v) is 7.84. The van der Waals surface area contributed by atoms with E-state index in [9.17, 15) is 9.18 Å². The fourth-order valence-corrected chi connectivity index (χ4v) is 4.05. The molecule has 6 nitrogen and oxygen atoms in total. The maximum Gasteiger partial charge on any atom is 0.236 e. The van der Waals surface area contributed by atoms with Gasteiger partial charge in [-0.05, 0) is 43.0 Å². The number of hydrogen-bond donors (Lipinski definition) is 0. The average Bonchev–Trinajstić information content (AvgIpc) is 3.18. The van der Waals surface area contributed by atoms with E-state index in [0.29, 0.717) is 13.0 Å². The van der Waals surface area contributed by atoms with Crippen LogP contribution in [-0.4, -0.2) is 71.5 Å². The molecule has 0 unspecified atom stereocenters. The summed E-state index contributed by atoms with van der Waals surface area (Å²) in [6.07, 6.45) is 5.64. The highest BCUT2D eigenvalue weighted by molar-refractivity contribution is 5.78. The van der Waals surface area contributed by atoms with Gasteiger partial charge in [0.1, 0.15) is 17.5 Å². The molecule has 0 radical (unpaired) electrons. The maximum atomic E-state index is 13.1. The highest BCUT2D eigenvalue weighted by Crippen LogP contribution is 2.16. The Bertz CT molecular complexity index is 822. The molecule has 2 aromatic rings. The van der Waals surface area contributed by atoms with Crippen molar-refractivity contribution in [1.82, 2.24) is 19.8 Å². The monoisotopic (exact) mass is 397 g/mol. The number of hydrogen-bond acceptors (Lipinski definition) is 5. The van der Waals surface area contributed by atoms with Crippen LogP contribution < -0.4 is 4.90 Å². The molecule has 2 aliphatic heterocycles. The fourth-order valence-electron chi connectivity index (χ4n) is 4.05. The zero-order chi connectivity index (χ0) is 20.1. The van der Waals surface area contributed by atoms with Gasteiger partial charge in [0.25, 0.3) is 0 Å². The van der Waals surface area contributed by atoms with E-state index in [2.05, 4.69) is 14.8 Å². The number of rotatable bonds is 5. The summed E-state index contributed by atoms with van der Waals surface area (Å²) in [5.41, 5.74) is 0.992. The standard InChI is InChI=1S/C22H28FN5O/c23-19-6-4-18(5-7-19)16-20-24-9-8-21(25-20)27-13-3-10-26(14-15-27)17-22(29)28-11-1-2-12-28/h4-9H,1-3,10-17H2. The Morgan fingerprint density at radius 1 is 0.931 bits per heavy atom. The van der Waals surface area contributed by atoms with Crippen LogP contribution in [0.3, 0.4) is 0 Å². The van der Waals surface area contributed by atoms with Crippen LogP contribution in [0.2, 0.25) is 0 Å². The van der Waals surface area contributed by atoms with Crippen molar-refractivity contribution in [2.45, 2.75) is 25.7 Å². The molecule has 1 aromatic carbocycles. The zero-order valence-corrected chi connectivity index (χ0v) is 16.8. The van der Waals surface area contributed by atoms with E-state index in [1.54, 1.807) is 18.3 Å². The molecule has 0 saturated carbocycles. The summed E-state index contributed by atoms with van der Waals surface area (Å²) in [6.45, 7) is 5.91. The predicted octanol–water partition coefficient (Wildman–Crippen LogP) is 2.34. The molecule has 7 heteroatoms. The van der Waals surface area contributed by atoms with Crippen LogP contribution in [0.25, 0.3) is 0 Å². The number of halogens is 1. The van der Waals surface area contributed by atoms with Gasteiger partial charge >= 0.3 is 0 Å². The lowest BCUT2D eigenvalue weighted by molar-refractivity contribution is -0.131. The maximum absolute atomic E-state index is 13.1. The molecule has 0 N–H and O–H groups in total. The second kappa shape index (κ2) is 9.31. The molecule has 4 rings (SSSR count). The molecular formula is C22H28FN5O. The van der Waals surface area contributed by atoms with Crippen molar-refractivity contribution in [3.63, 3.8) is 0 Å². The third kappa shape index (κ3) is 5.29. The smallest absolute Gasteiger partial charge is 0.236 e. The molecule has 3 heterocycles. The molecule has 1 aromatic heterocycles. The van der Waals surface area contributed by atoms with E-state index >= 15 is 0 Å². The normalized spacial score (nSPS) is 18.1. The van der Waals surface area contributed by atoms with Crippen LogP contribution in [0.4, 0.5) is 10.2 Å². The lowest BCUT2D eigenvalue weighted by atomic mass is 10.1. The molecule has 0 aliphatic carbocycles. The molecule has 0 bridgehead atoms. The summed E-state index contributed by atoms with van der Waals surface area (Å²) in [7, 11) is 0. The van der Waals surface area contributed by atoms with Gasteiger partial charge in [-0.25, -0.2) is 14.4 Å². The molecule has 2 saturated heterocycles. The first-order chi connectivity index (χ1) is 14.2. The van der Waals surface area contributed by atoms with E-state index < -0.39 is 0 Å². The first kappa shape index (κ1) is 19.8. The van der Waals surface area contributed by atoms with Gasteiger partial charge in [0.15, 0.2) is 0 Å².